The fourth-order valence-electron chi connectivity index (χ4n) is 3.41. The second-order valence-corrected chi connectivity index (χ2v) is 7.61. The first-order valence-electron chi connectivity index (χ1n) is 9.27. The Balaban J connectivity index is 2.16. The minimum Gasteiger partial charge on any atom is -0.507 e. The first-order chi connectivity index (χ1) is 14.2. The Bertz CT molecular complexity index is 1020. The molecule has 158 valence electrons. The third-order valence-corrected chi connectivity index (χ3v) is 5.21. The molecule has 0 bridgehead atoms. The molecule has 0 unspecified atom stereocenters. The van der Waals surface area contributed by atoms with Crippen LogP contribution in [0.5, 0.6) is 5.75 Å². The minimum atomic E-state index is -0.915. The van der Waals surface area contributed by atoms with Crippen molar-refractivity contribution < 1.29 is 23.8 Å². The van der Waals surface area contributed by atoms with Crippen molar-refractivity contribution in [3.63, 3.8) is 0 Å². The Hall–Kier alpha value is -2.90. The van der Waals surface area contributed by atoms with E-state index in [1.165, 1.54) is 42.3 Å². The highest BCUT2D eigenvalue weighted by Gasteiger charge is 2.46. The molecule has 2 aromatic carbocycles. The summed E-state index contributed by atoms with van der Waals surface area (Å²) in [5.74, 6) is -2.04. The number of likely N-dealkylation sites (tertiary alicyclic amines) is 1. The summed E-state index contributed by atoms with van der Waals surface area (Å²) in [6.07, 6.45) is 0. The van der Waals surface area contributed by atoms with Gasteiger partial charge in [0.25, 0.3) is 11.7 Å². The van der Waals surface area contributed by atoms with E-state index in [-0.39, 0.29) is 28.5 Å². The number of rotatable bonds is 6. The van der Waals surface area contributed by atoms with Crippen LogP contribution in [0.3, 0.4) is 0 Å². The summed E-state index contributed by atoms with van der Waals surface area (Å²) in [6.45, 7) is 0.728. The number of hydrogen-bond donors (Lipinski definition) is 1. The van der Waals surface area contributed by atoms with Crippen molar-refractivity contribution in [1.82, 2.24) is 9.80 Å². The van der Waals surface area contributed by atoms with Crippen molar-refractivity contribution in [1.29, 1.82) is 0 Å². The zero-order valence-electron chi connectivity index (χ0n) is 16.9. The van der Waals surface area contributed by atoms with Crippen molar-refractivity contribution in [2.75, 3.05) is 34.3 Å². The van der Waals surface area contributed by atoms with Gasteiger partial charge >= 0.3 is 0 Å². The molecule has 0 aromatic heterocycles. The van der Waals surface area contributed by atoms with Gasteiger partial charge in [-0.1, -0.05) is 23.7 Å². The number of carbonyl (C=O) groups is 2. The highest BCUT2D eigenvalue weighted by atomic mass is 35.5. The Morgan fingerprint density at radius 1 is 1.23 bits per heavy atom. The highest BCUT2D eigenvalue weighted by molar-refractivity contribution is 6.46. The second-order valence-electron chi connectivity index (χ2n) is 7.20. The van der Waals surface area contributed by atoms with Crippen LogP contribution < -0.4 is 4.74 Å². The number of methoxy groups -OCH3 is 1. The smallest absolute Gasteiger partial charge is 0.295 e. The third kappa shape index (κ3) is 4.17. The van der Waals surface area contributed by atoms with Crippen LogP contribution in [-0.2, 0) is 9.59 Å². The molecule has 30 heavy (non-hydrogen) atoms. The molecule has 6 nitrogen and oxygen atoms in total. The molecular formula is C22H22ClFN2O4. The van der Waals surface area contributed by atoms with E-state index in [2.05, 4.69) is 0 Å². The number of benzene rings is 2. The lowest BCUT2D eigenvalue weighted by molar-refractivity contribution is -0.140. The number of Topliss-reactive ketones (excluding diaryl/α,β-unsaturated/α-hetero) is 1. The molecule has 8 heteroatoms. The van der Waals surface area contributed by atoms with Crippen LogP contribution in [0.15, 0.2) is 48.0 Å². The number of aliphatic hydroxyl groups excluding tert-OH is 1. The van der Waals surface area contributed by atoms with E-state index in [0.29, 0.717) is 17.9 Å². The quantitative estimate of drug-likeness (QED) is 0.430. The summed E-state index contributed by atoms with van der Waals surface area (Å²) < 4.78 is 19.1. The van der Waals surface area contributed by atoms with E-state index in [9.17, 15) is 19.1 Å². The summed E-state index contributed by atoms with van der Waals surface area (Å²) in [6, 6.07) is 9.28. The van der Waals surface area contributed by atoms with Gasteiger partial charge in [-0.2, -0.15) is 0 Å². The summed E-state index contributed by atoms with van der Waals surface area (Å²) >= 11 is 6.16. The van der Waals surface area contributed by atoms with Crippen LogP contribution in [0.2, 0.25) is 5.02 Å². The van der Waals surface area contributed by atoms with Crippen LogP contribution in [0.4, 0.5) is 4.39 Å². The first kappa shape index (κ1) is 21.8. The Kier molecular flexibility index (Phi) is 6.43. The number of ether oxygens (including phenoxy) is 1. The zero-order chi connectivity index (χ0) is 22.0. The molecule has 3 rings (SSSR count). The number of carbonyl (C=O) groups excluding carboxylic acids is 2. The molecule has 1 fully saturated rings. The van der Waals surface area contributed by atoms with E-state index in [1.54, 1.807) is 12.1 Å². The van der Waals surface area contributed by atoms with Crippen molar-refractivity contribution >= 4 is 29.1 Å². The van der Waals surface area contributed by atoms with Gasteiger partial charge < -0.3 is 19.6 Å². The molecule has 1 amide bonds. The summed E-state index contributed by atoms with van der Waals surface area (Å²) in [4.78, 5) is 28.9. The van der Waals surface area contributed by atoms with Crippen molar-refractivity contribution in [2.24, 2.45) is 0 Å². The van der Waals surface area contributed by atoms with E-state index >= 15 is 0 Å². The van der Waals surface area contributed by atoms with Gasteiger partial charge in [-0.25, -0.2) is 4.39 Å². The van der Waals surface area contributed by atoms with Gasteiger partial charge in [0.1, 0.15) is 17.3 Å². The fourth-order valence-corrected chi connectivity index (χ4v) is 3.67. The number of ketones is 1. The molecule has 1 aliphatic heterocycles. The lowest BCUT2D eigenvalue weighted by Gasteiger charge is -2.26. The van der Waals surface area contributed by atoms with E-state index in [4.69, 9.17) is 16.3 Å². The van der Waals surface area contributed by atoms with Crippen LogP contribution in [0.1, 0.15) is 17.2 Å². The van der Waals surface area contributed by atoms with Gasteiger partial charge in [-0.3, -0.25) is 9.59 Å². The molecule has 0 spiro atoms. The molecule has 0 saturated carbocycles. The van der Waals surface area contributed by atoms with Gasteiger partial charge in [0.2, 0.25) is 0 Å². The largest absolute Gasteiger partial charge is 0.507 e. The Labute approximate surface area is 179 Å². The summed E-state index contributed by atoms with van der Waals surface area (Å²) in [5, 5.41) is 11.2. The molecule has 1 heterocycles. The maximum atomic E-state index is 13.9. The minimum absolute atomic E-state index is 0.106. The van der Waals surface area contributed by atoms with Crippen LogP contribution in [-0.4, -0.2) is 60.9 Å². The van der Waals surface area contributed by atoms with Gasteiger partial charge in [0.15, 0.2) is 0 Å². The topological polar surface area (TPSA) is 70.1 Å². The van der Waals surface area contributed by atoms with Crippen LogP contribution in [0, 0.1) is 5.82 Å². The maximum Gasteiger partial charge on any atom is 0.295 e. The van der Waals surface area contributed by atoms with Crippen molar-refractivity contribution in [3.8, 4) is 5.75 Å². The molecule has 1 atom stereocenters. The third-order valence-electron chi connectivity index (χ3n) is 4.92. The number of halogens is 2. The van der Waals surface area contributed by atoms with Crippen LogP contribution >= 0.6 is 11.6 Å². The van der Waals surface area contributed by atoms with Gasteiger partial charge in [-0.15, -0.1) is 0 Å². The number of aliphatic hydroxyl groups is 1. The van der Waals surface area contributed by atoms with E-state index < -0.39 is 23.5 Å². The lowest BCUT2D eigenvalue weighted by Crippen LogP contribution is -2.35. The predicted molar refractivity (Wildman–Crippen MR) is 112 cm³/mol. The molecular weight excluding hydrogens is 411 g/mol. The monoisotopic (exact) mass is 432 g/mol. The Morgan fingerprint density at radius 3 is 2.57 bits per heavy atom. The second kappa shape index (κ2) is 8.85. The molecule has 1 N–H and O–H groups in total. The zero-order valence-corrected chi connectivity index (χ0v) is 17.6. The summed E-state index contributed by atoms with van der Waals surface area (Å²) in [7, 11) is 5.14. The van der Waals surface area contributed by atoms with Crippen LogP contribution in [0.25, 0.3) is 5.76 Å². The molecule has 0 aliphatic carbocycles. The SMILES string of the molecule is COc1ccc(/C(O)=C2\C(=O)C(=O)N(CCN(C)C)[C@@H]2c2cccc(F)c2)cc1Cl. The van der Waals surface area contributed by atoms with Gasteiger partial charge in [-0.05, 0) is 50.0 Å². The molecule has 1 aliphatic rings. The highest BCUT2D eigenvalue weighted by Crippen LogP contribution is 2.40. The van der Waals surface area contributed by atoms with Crippen molar-refractivity contribution in [2.45, 2.75) is 6.04 Å². The summed E-state index contributed by atoms with van der Waals surface area (Å²) in [5.41, 5.74) is 0.549. The lowest BCUT2D eigenvalue weighted by atomic mass is 9.95. The number of amides is 1. The normalized spacial score (nSPS) is 18.3. The average molecular weight is 433 g/mol. The standard InChI is InChI=1S/C22H22ClFN2O4/c1-25(2)9-10-26-19(13-5-4-6-15(24)11-13)18(21(28)22(26)29)20(27)14-7-8-17(30-3)16(23)12-14/h4-8,11-12,19,27H,9-10H2,1-3H3/b20-18+/t19-/m1/s1. The van der Waals surface area contributed by atoms with E-state index in [0.717, 1.165) is 0 Å². The fraction of sp³-hybridized carbons (Fsp3) is 0.273. The number of likely N-dealkylation sites (N-methyl/N-ethyl adjacent to an activating group) is 1. The van der Waals surface area contributed by atoms with E-state index in [1.807, 2.05) is 19.0 Å². The molecule has 0 radical (unpaired) electrons. The first-order valence-corrected chi connectivity index (χ1v) is 9.65. The van der Waals surface area contributed by atoms with Gasteiger partial charge in [0, 0.05) is 18.7 Å². The maximum absolute atomic E-state index is 13.9. The predicted octanol–water partition coefficient (Wildman–Crippen LogP) is 3.47. The average Bonchev–Trinajstić information content (AvgIpc) is 2.96. The number of hydrogen-bond acceptors (Lipinski definition) is 5. The van der Waals surface area contributed by atoms with Crippen molar-refractivity contribution in [3.05, 3.63) is 70.0 Å². The number of nitrogens with zero attached hydrogens (tertiary/aromatic N) is 2. The van der Waals surface area contributed by atoms with Gasteiger partial charge in [0.05, 0.1) is 23.7 Å². The molecule has 1 saturated heterocycles. The Morgan fingerprint density at radius 2 is 1.97 bits per heavy atom. The molecule has 2 aromatic rings.